The largest absolute Gasteiger partial charge is 0.462 e. The number of unbranched alkanes of at least 4 members (excludes halogenated alkanes) is 30. The normalized spacial score (nSPS) is 13.7. The molecule has 0 saturated carbocycles. The standard InChI is InChI=1S/C57H103NO5/c1-4-7-10-13-16-19-22-25-28-29-30-33-36-39-42-45-48-53(63-57(62)50-47-44-41-38-35-32-27-24-21-18-15-12-9-6-3)51-56(61)58-54(52-59)55(60)49-46-43-40-37-34-31-26-23-20-17-14-11-8-5-2/h10,13,16,19,22,25,28-30,33,53-55,59-60H,4-9,11-12,14-15,17-18,20-21,23-24,26-27,31-32,34-52H2,1-3H3,(H,58,61)/b13-10+,19-16+,25-22+,29-28+,33-30+. The summed E-state index contributed by atoms with van der Waals surface area (Å²) in [5.74, 6) is -0.508. The van der Waals surface area contributed by atoms with Crippen LogP contribution in [0.2, 0.25) is 0 Å². The van der Waals surface area contributed by atoms with Gasteiger partial charge in [-0.25, -0.2) is 0 Å². The van der Waals surface area contributed by atoms with Crippen LogP contribution in [0.3, 0.4) is 0 Å². The predicted molar refractivity (Wildman–Crippen MR) is 273 cm³/mol. The van der Waals surface area contributed by atoms with Crippen LogP contribution in [0.4, 0.5) is 0 Å². The second-order valence-corrected chi connectivity index (χ2v) is 18.4. The molecular weight excluding hydrogens is 779 g/mol. The average molecular weight is 882 g/mol. The molecule has 0 aromatic rings. The van der Waals surface area contributed by atoms with Crippen LogP contribution >= 0.6 is 0 Å². The summed E-state index contributed by atoms with van der Waals surface area (Å²) in [7, 11) is 0. The second-order valence-electron chi connectivity index (χ2n) is 18.4. The molecule has 0 aromatic carbocycles. The van der Waals surface area contributed by atoms with Crippen LogP contribution in [0.1, 0.15) is 265 Å². The quantitative estimate of drug-likeness (QED) is 0.0321. The smallest absolute Gasteiger partial charge is 0.306 e. The maximum Gasteiger partial charge on any atom is 0.306 e. The number of carbonyl (C=O) groups is 2. The van der Waals surface area contributed by atoms with Crippen molar-refractivity contribution in [3.8, 4) is 0 Å². The van der Waals surface area contributed by atoms with Crippen molar-refractivity contribution in [2.45, 2.75) is 283 Å². The van der Waals surface area contributed by atoms with E-state index in [1.54, 1.807) is 0 Å². The summed E-state index contributed by atoms with van der Waals surface area (Å²) in [6.45, 7) is 6.40. The number of carbonyl (C=O) groups excluding carboxylic acids is 2. The van der Waals surface area contributed by atoms with Gasteiger partial charge in [-0.3, -0.25) is 9.59 Å². The molecule has 0 fully saturated rings. The summed E-state index contributed by atoms with van der Waals surface area (Å²) in [5.41, 5.74) is 0. The van der Waals surface area contributed by atoms with E-state index in [4.69, 9.17) is 4.74 Å². The summed E-state index contributed by atoms with van der Waals surface area (Å²) in [6, 6.07) is -0.716. The molecular formula is C57H103NO5. The highest BCUT2D eigenvalue weighted by Crippen LogP contribution is 2.18. The Labute approximate surface area is 390 Å². The molecule has 0 radical (unpaired) electrons. The minimum atomic E-state index is -0.800. The Hall–Kier alpha value is -2.44. The number of hydrogen-bond donors (Lipinski definition) is 3. The number of nitrogens with one attached hydrogen (secondary N) is 1. The van der Waals surface area contributed by atoms with E-state index in [1.165, 1.54) is 148 Å². The molecule has 366 valence electrons. The van der Waals surface area contributed by atoms with Crippen molar-refractivity contribution in [1.82, 2.24) is 5.32 Å². The van der Waals surface area contributed by atoms with Gasteiger partial charge in [0.2, 0.25) is 5.91 Å². The fourth-order valence-electron chi connectivity index (χ4n) is 8.11. The van der Waals surface area contributed by atoms with Crippen LogP contribution in [0.5, 0.6) is 0 Å². The molecule has 0 rings (SSSR count). The van der Waals surface area contributed by atoms with Crippen LogP contribution in [-0.2, 0) is 14.3 Å². The SMILES string of the molecule is CCC/C=C/C=C/C=C/C=C/C=C/CCCCCC(CC(=O)NC(CO)C(O)CCCCCCCCCCCCCCCC)OC(=O)CCCCCCCCCCCCCCCC. The van der Waals surface area contributed by atoms with E-state index >= 15 is 0 Å². The number of allylic oxidation sites excluding steroid dienone is 10. The molecule has 3 N–H and O–H groups in total. The third-order valence-corrected chi connectivity index (χ3v) is 12.2. The monoisotopic (exact) mass is 882 g/mol. The second kappa shape index (κ2) is 50.6. The molecule has 0 aliphatic rings. The highest BCUT2D eigenvalue weighted by Gasteiger charge is 2.24. The van der Waals surface area contributed by atoms with E-state index in [1.807, 2.05) is 36.5 Å². The Kier molecular flexibility index (Phi) is 48.6. The van der Waals surface area contributed by atoms with E-state index < -0.39 is 18.2 Å². The lowest BCUT2D eigenvalue weighted by Crippen LogP contribution is -2.46. The number of hydrogen-bond acceptors (Lipinski definition) is 5. The summed E-state index contributed by atoms with van der Waals surface area (Å²) >= 11 is 0. The van der Waals surface area contributed by atoms with Gasteiger partial charge in [0.15, 0.2) is 0 Å². The van der Waals surface area contributed by atoms with Crippen molar-refractivity contribution in [1.29, 1.82) is 0 Å². The van der Waals surface area contributed by atoms with Gasteiger partial charge in [-0.05, 0) is 44.9 Å². The van der Waals surface area contributed by atoms with Crippen molar-refractivity contribution < 1.29 is 24.5 Å². The molecule has 63 heavy (non-hydrogen) atoms. The van der Waals surface area contributed by atoms with Gasteiger partial charge in [0.1, 0.15) is 6.10 Å². The number of ether oxygens (including phenoxy) is 1. The molecule has 0 aromatic heterocycles. The predicted octanol–water partition coefficient (Wildman–Crippen LogP) is 16.4. The molecule has 0 saturated heterocycles. The molecule has 1 amide bonds. The van der Waals surface area contributed by atoms with Crippen molar-refractivity contribution in [2.24, 2.45) is 0 Å². The Morgan fingerprint density at radius 1 is 0.460 bits per heavy atom. The van der Waals surface area contributed by atoms with E-state index in [0.29, 0.717) is 19.3 Å². The lowest BCUT2D eigenvalue weighted by Gasteiger charge is -2.24. The van der Waals surface area contributed by atoms with Gasteiger partial charge in [-0.1, -0.05) is 268 Å². The van der Waals surface area contributed by atoms with Gasteiger partial charge < -0.3 is 20.3 Å². The van der Waals surface area contributed by atoms with Crippen LogP contribution < -0.4 is 5.32 Å². The Morgan fingerprint density at radius 3 is 1.29 bits per heavy atom. The summed E-state index contributed by atoms with van der Waals surface area (Å²) in [5, 5.41) is 23.8. The summed E-state index contributed by atoms with van der Waals surface area (Å²) < 4.78 is 5.93. The zero-order valence-corrected chi connectivity index (χ0v) is 41.7. The topological polar surface area (TPSA) is 95.9 Å². The molecule has 0 heterocycles. The first kappa shape index (κ1) is 60.6. The number of esters is 1. The van der Waals surface area contributed by atoms with Crippen molar-refractivity contribution in [3.63, 3.8) is 0 Å². The summed E-state index contributed by atoms with van der Waals surface area (Å²) in [6.07, 6.45) is 62.7. The van der Waals surface area contributed by atoms with Crippen molar-refractivity contribution in [2.75, 3.05) is 6.61 Å². The van der Waals surface area contributed by atoms with Gasteiger partial charge in [0.25, 0.3) is 0 Å². The Morgan fingerprint density at radius 2 is 0.841 bits per heavy atom. The van der Waals surface area contributed by atoms with Gasteiger partial charge >= 0.3 is 5.97 Å². The molecule has 0 aliphatic heterocycles. The first-order valence-electron chi connectivity index (χ1n) is 27.1. The number of aliphatic hydroxyl groups excluding tert-OH is 2. The van der Waals surface area contributed by atoms with Crippen LogP contribution in [-0.4, -0.2) is 46.9 Å². The first-order chi connectivity index (χ1) is 31.0. The number of aliphatic hydroxyl groups is 2. The van der Waals surface area contributed by atoms with E-state index in [9.17, 15) is 19.8 Å². The molecule has 3 unspecified atom stereocenters. The summed E-state index contributed by atoms with van der Waals surface area (Å²) in [4.78, 5) is 26.2. The maximum atomic E-state index is 13.2. The number of rotatable bonds is 48. The lowest BCUT2D eigenvalue weighted by molar-refractivity contribution is -0.151. The van der Waals surface area contributed by atoms with E-state index in [2.05, 4.69) is 50.4 Å². The molecule has 0 aliphatic carbocycles. The molecule has 0 bridgehead atoms. The molecule has 3 atom stereocenters. The zero-order chi connectivity index (χ0) is 45.9. The number of amides is 1. The van der Waals surface area contributed by atoms with Crippen LogP contribution in [0, 0.1) is 0 Å². The third kappa shape index (κ3) is 45.9. The Bertz CT molecular complexity index is 1130. The van der Waals surface area contributed by atoms with Gasteiger partial charge in [-0.2, -0.15) is 0 Å². The van der Waals surface area contributed by atoms with Gasteiger partial charge in [-0.15, -0.1) is 0 Å². The highest BCUT2D eigenvalue weighted by molar-refractivity contribution is 5.77. The minimum Gasteiger partial charge on any atom is -0.462 e. The van der Waals surface area contributed by atoms with E-state index in [-0.39, 0.29) is 24.9 Å². The Balaban J connectivity index is 4.66. The maximum absolute atomic E-state index is 13.2. The molecule has 6 heteroatoms. The van der Waals surface area contributed by atoms with Gasteiger partial charge in [0.05, 0.1) is 25.2 Å². The van der Waals surface area contributed by atoms with Crippen molar-refractivity contribution in [3.05, 3.63) is 60.8 Å². The molecule has 0 spiro atoms. The zero-order valence-electron chi connectivity index (χ0n) is 41.7. The highest BCUT2D eigenvalue weighted by atomic mass is 16.5. The lowest BCUT2D eigenvalue weighted by atomic mass is 10.0. The average Bonchev–Trinajstić information content (AvgIpc) is 3.28. The third-order valence-electron chi connectivity index (χ3n) is 12.2. The van der Waals surface area contributed by atoms with Crippen LogP contribution in [0.15, 0.2) is 60.8 Å². The fourth-order valence-corrected chi connectivity index (χ4v) is 8.11. The van der Waals surface area contributed by atoms with Crippen LogP contribution in [0.25, 0.3) is 0 Å². The van der Waals surface area contributed by atoms with Gasteiger partial charge in [0, 0.05) is 6.42 Å². The minimum absolute atomic E-state index is 0.0506. The first-order valence-corrected chi connectivity index (χ1v) is 27.1. The van der Waals surface area contributed by atoms with Crippen molar-refractivity contribution >= 4 is 11.9 Å². The molecule has 6 nitrogen and oxygen atoms in total. The van der Waals surface area contributed by atoms with E-state index in [0.717, 1.165) is 70.6 Å². The fraction of sp³-hybridized carbons (Fsp3) is 0.789.